The topological polar surface area (TPSA) is 77.4 Å². The van der Waals surface area contributed by atoms with Crippen LogP contribution < -0.4 is 16.2 Å². The molecule has 1 aromatic rings. The van der Waals surface area contributed by atoms with Crippen molar-refractivity contribution in [2.24, 2.45) is 0 Å². The Morgan fingerprint density at radius 3 is 2.73 bits per heavy atom. The van der Waals surface area contributed by atoms with E-state index in [1.807, 2.05) is 14.1 Å². The van der Waals surface area contributed by atoms with Gasteiger partial charge in [-0.1, -0.05) is 0 Å². The third kappa shape index (κ3) is 4.03. The van der Waals surface area contributed by atoms with E-state index < -0.39 is 0 Å². The van der Waals surface area contributed by atoms with Gasteiger partial charge in [0.25, 0.3) is 0 Å². The molecule has 1 aromatic heterocycles. The van der Waals surface area contributed by atoms with E-state index in [2.05, 4.69) is 9.88 Å². The highest BCUT2D eigenvalue weighted by Crippen LogP contribution is 2.19. The lowest BCUT2D eigenvalue weighted by atomic mass is 10.4. The number of nitrogens with two attached hydrogens (primary N) is 2. The Balaban J connectivity index is 2.37. The first-order valence-electron chi connectivity index (χ1n) is 4.88. The van der Waals surface area contributed by atoms with Crippen LogP contribution in [0.1, 0.15) is 6.42 Å². The van der Waals surface area contributed by atoms with Gasteiger partial charge in [0.1, 0.15) is 0 Å². The molecular formula is C10H18N4O. The summed E-state index contributed by atoms with van der Waals surface area (Å²) in [6.45, 7) is 1.59. The van der Waals surface area contributed by atoms with Crippen molar-refractivity contribution in [2.75, 3.05) is 38.7 Å². The Hall–Kier alpha value is -1.49. The molecular weight excluding hydrogens is 192 g/mol. The van der Waals surface area contributed by atoms with Crippen LogP contribution in [0.15, 0.2) is 12.3 Å². The third-order valence-corrected chi connectivity index (χ3v) is 1.89. The first-order valence-corrected chi connectivity index (χ1v) is 4.88. The first-order chi connectivity index (χ1) is 7.09. The Kier molecular flexibility index (Phi) is 4.17. The third-order valence-electron chi connectivity index (χ3n) is 1.89. The zero-order valence-corrected chi connectivity index (χ0v) is 9.23. The van der Waals surface area contributed by atoms with Crippen LogP contribution in [0.5, 0.6) is 5.88 Å². The van der Waals surface area contributed by atoms with Gasteiger partial charge in [-0.2, -0.15) is 0 Å². The average Bonchev–Trinajstić information content (AvgIpc) is 2.14. The van der Waals surface area contributed by atoms with E-state index in [0.29, 0.717) is 23.9 Å². The van der Waals surface area contributed by atoms with Gasteiger partial charge in [0.15, 0.2) is 0 Å². The monoisotopic (exact) mass is 210 g/mol. The van der Waals surface area contributed by atoms with Crippen molar-refractivity contribution in [2.45, 2.75) is 6.42 Å². The molecule has 1 rings (SSSR count). The highest BCUT2D eigenvalue weighted by atomic mass is 16.5. The summed E-state index contributed by atoms with van der Waals surface area (Å²) < 4.78 is 5.42. The van der Waals surface area contributed by atoms with Crippen molar-refractivity contribution in [3.63, 3.8) is 0 Å². The maximum atomic E-state index is 5.69. The maximum Gasteiger partial charge on any atom is 0.237 e. The van der Waals surface area contributed by atoms with E-state index in [9.17, 15) is 0 Å². The summed E-state index contributed by atoms with van der Waals surface area (Å²) in [7, 11) is 4.05. The molecule has 0 atom stereocenters. The largest absolute Gasteiger partial charge is 0.476 e. The van der Waals surface area contributed by atoms with Gasteiger partial charge in [0.2, 0.25) is 5.88 Å². The summed E-state index contributed by atoms with van der Waals surface area (Å²) in [6, 6.07) is 1.65. The lowest BCUT2D eigenvalue weighted by Crippen LogP contribution is -2.16. The second kappa shape index (κ2) is 5.41. The minimum atomic E-state index is 0.461. The highest BCUT2D eigenvalue weighted by molar-refractivity contribution is 5.55. The molecule has 0 aliphatic carbocycles. The number of hydrogen-bond donors (Lipinski definition) is 2. The van der Waals surface area contributed by atoms with E-state index in [1.54, 1.807) is 6.07 Å². The number of ether oxygens (including phenoxy) is 1. The number of hydrogen-bond acceptors (Lipinski definition) is 5. The SMILES string of the molecule is CN(C)CCCOc1ncc(N)cc1N. The van der Waals surface area contributed by atoms with Gasteiger partial charge in [-0.15, -0.1) is 0 Å². The number of rotatable bonds is 5. The molecule has 5 heteroatoms. The summed E-state index contributed by atoms with van der Waals surface area (Å²) in [5.41, 5.74) is 12.2. The van der Waals surface area contributed by atoms with Crippen LogP contribution in [-0.2, 0) is 0 Å². The van der Waals surface area contributed by atoms with Gasteiger partial charge in [0, 0.05) is 6.54 Å². The van der Waals surface area contributed by atoms with E-state index in [4.69, 9.17) is 16.2 Å². The Morgan fingerprint density at radius 2 is 2.13 bits per heavy atom. The van der Waals surface area contributed by atoms with Gasteiger partial charge in [-0.05, 0) is 26.6 Å². The van der Waals surface area contributed by atoms with Gasteiger partial charge in [-0.3, -0.25) is 0 Å². The number of aromatic nitrogens is 1. The number of pyridine rings is 1. The van der Waals surface area contributed by atoms with Crippen molar-refractivity contribution < 1.29 is 4.74 Å². The molecule has 84 valence electrons. The standard InChI is InChI=1S/C10H18N4O/c1-14(2)4-3-5-15-10-9(12)6-8(11)7-13-10/h6-7H,3-5,11-12H2,1-2H3. The van der Waals surface area contributed by atoms with Gasteiger partial charge in [0.05, 0.1) is 24.2 Å². The van der Waals surface area contributed by atoms with Crippen molar-refractivity contribution >= 4 is 11.4 Å². The van der Waals surface area contributed by atoms with E-state index >= 15 is 0 Å². The van der Waals surface area contributed by atoms with Gasteiger partial charge < -0.3 is 21.1 Å². The average molecular weight is 210 g/mol. The molecule has 0 fully saturated rings. The molecule has 5 nitrogen and oxygen atoms in total. The van der Waals surface area contributed by atoms with Crippen molar-refractivity contribution in [1.82, 2.24) is 9.88 Å². The lowest BCUT2D eigenvalue weighted by molar-refractivity contribution is 0.274. The minimum absolute atomic E-state index is 0.461. The zero-order chi connectivity index (χ0) is 11.3. The summed E-state index contributed by atoms with van der Waals surface area (Å²) in [5, 5.41) is 0. The molecule has 0 unspecified atom stereocenters. The Labute approximate surface area is 90.0 Å². The molecule has 1 heterocycles. The summed E-state index contributed by atoms with van der Waals surface area (Å²) in [6.07, 6.45) is 2.48. The van der Waals surface area contributed by atoms with Gasteiger partial charge >= 0.3 is 0 Å². The maximum absolute atomic E-state index is 5.69. The Morgan fingerprint density at radius 1 is 1.40 bits per heavy atom. The normalized spacial score (nSPS) is 10.6. The molecule has 0 spiro atoms. The van der Waals surface area contributed by atoms with E-state index in [-0.39, 0.29) is 0 Å². The second-order valence-corrected chi connectivity index (χ2v) is 3.67. The zero-order valence-electron chi connectivity index (χ0n) is 9.23. The highest BCUT2D eigenvalue weighted by Gasteiger charge is 2.02. The van der Waals surface area contributed by atoms with E-state index in [0.717, 1.165) is 13.0 Å². The second-order valence-electron chi connectivity index (χ2n) is 3.67. The van der Waals surface area contributed by atoms with Crippen LogP contribution in [0.4, 0.5) is 11.4 Å². The molecule has 15 heavy (non-hydrogen) atoms. The molecule has 0 aliphatic heterocycles. The van der Waals surface area contributed by atoms with Crippen LogP contribution in [-0.4, -0.2) is 37.1 Å². The molecule has 0 saturated carbocycles. The predicted molar refractivity (Wildman–Crippen MR) is 61.7 cm³/mol. The summed E-state index contributed by atoms with van der Waals surface area (Å²) in [5.74, 6) is 0.461. The number of nitrogen functional groups attached to an aromatic ring is 2. The van der Waals surface area contributed by atoms with Crippen molar-refractivity contribution in [1.29, 1.82) is 0 Å². The van der Waals surface area contributed by atoms with Crippen LogP contribution in [0.2, 0.25) is 0 Å². The minimum Gasteiger partial charge on any atom is -0.476 e. The molecule has 4 N–H and O–H groups in total. The molecule has 0 aromatic carbocycles. The molecule has 0 aliphatic rings. The Bertz CT molecular complexity index is 314. The fourth-order valence-electron chi connectivity index (χ4n) is 1.16. The van der Waals surface area contributed by atoms with Crippen LogP contribution in [0.3, 0.4) is 0 Å². The number of anilines is 2. The van der Waals surface area contributed by atoms with Crippen LogP contribution >= 0.6 is 0 Å². The van der Waals surface area contributed by atoms with E-state index in [1.165, 1.54) is 6.20 Å². The molecule has 0 bridgehead atoms. The summed E-state index contributed by atoms with van der Waals surface area (Å²) >= 11 is 0. The molecule has 0 radical (unpaired) electrons. The fourth-order valence-corrected chi connectivity index (χ4v) is 1.16. The van der Waals surface area contributed by atoms with Crippen molar-refractivity contribution in [3.8, 4) is 5.88 Å². The fraction of sp³-hybridized carbons (Fsp3) is 0.500. The smallest absolute Gasteiger partial charge is 0.237 e. The summed E-state index contributed by atoms with van der Waals surface area (Å²) in [4.78, 5) is 6.11. The quantitative estimate of drug-likeness (QED) is 0.695. The lowest BCUT2D eigenvalue weighted by Gasteiger charge is -2.10. The molecule has 0 amide bonds. The first kappa shape index (κ1) is 11.6. The van der Waals surface area contributed by atoms with Crippen LogP contribution in [0, 0.1) is 0 Å². The number of nitrogens with zero attached hydrogens (tertiary/aromatic N) is 2. The molecule has 0 saturated heterocycles. The van der Waals surface area contributed by atoms with Gasteiger partial charge in [-0.25, -0.2) is 4.98 Å². The van der Waals surface area contributed by atoms with Crippen molar-refractivity contribution in [3.05, 3.63) is 12.3 Å². The van der Waals surface area contributed by atoms with Crippen LogP contribution in [0.25, 0.3) is 0 Å². The predicted octanol–water partition coefficient (Wildman–Crippen LogP) is 0.577.